The van der Waals surface area contributed by atoms with Gasteiger partial charge in [-0.05, 0) is 42.0 Å². The van der Waals surface area contributed by atoms with E-state index in [-0.39, 0.29) is 5.82 Å². The van der Waals surface area contributed by atoms with Gasteiger partial charge in [-0.1, -0.05) is 48.0 Å². The summed E-state index contributed by atoms with van der Waals surface area (Å²) in [5.41, 5.74) is 5.26. The molecule has 4 heteroatoms. The lowest BCUT2D eigenvalue weighted by molar-refractivity contribution is 0.628. The molecule has 4 rings (SSSR count). The summed E-state index contributed by atoms with van der Waals surface area (Å²) < 4.78 is 13.6. The molecule has 2 nitrogen and oxygen atoms in total. The van der Waals surface area contributed by atoms with Crippen LogP contribution in [0.25, 0.3) is 33.3 Å². The van der Waals surface area contributed by atoms with Crippen molar-refractivity contribution >= 4 is 28.2 Å². The Morgan fingerprint density at radius 1 is 0.885 bits per heavy atom. The number of rotatable bonds is 3. The highest BCUT2D eigenvalue weighted by molar-refractivity contribution is 6.33. The Bertz CT molecular complexity index is 1110. The zero-order chi connectivity index (χ0) is 18.1. The molecule has 4 aromatic rings. The van der Waals surface area contributed by atoms with Crippen molar-refractivity contribution in [1.82, 2.24) is 4.98 Å². The summed E-state index contributed by atoms with van der Waals surface area (Å²) in [6, 6.07) is 22.2. The first-order chi connectivity index (χ1) is 12.7. The van der Waals surface area contributed by atoms with Crippen LogP contribution in [0.4, 0.5) is 10.1 Å². The number of nitrogens with one attached hydrogen (secondary N) is 1. The maximum atomic E-state index is 13.6. The fraction of sp³-hybridized carbons (Fsp3) is 0.0455. The molecule has 0 spiro atoms. The van der Waals surface area contributed by atoms with Gasteiger partial charge in [-0.15, -0.1) is 0 Å². The van der Waals surface area contributed by atoms with Crippen LogP contribution in [0, 0.1) is 5.82 Å². The van der Waals surface area contributed by atoms with Crippen LogP contribution in [0.3, 0.4) is 0 Å². The fourth-order valence-corrected chi connectivity index (χ4v) is 3.34. The highest BCUT2D eigenvalue weighted by Crippen LogP contribution is 2.34. The number of anilines is 1. The first-order valence-corrected chi connectivity index (χ1v) is 8.67. The quantitative estimate of drug-likeness (QED) is 0.456. The van der Waals surface area contributed by atoms with E-state index in [2.05, 4.69) is 11.4 Å². The Kier molecular flexibility index (Phi) is 4.31. The van der Waals surface area contributed by atoms with Crippen molar-refractivity contribution in [2.75, 3.05) is 12.4 Å². The molecular formula is C22H16ClFN2. The molecule has 0 amide bonds. The minimum Gasteiger partial charge on any atom is -0.388 e. The van der Waals surface area contributed by atoms with Crippen LogP contribution in [-0.2, 0) is 0 Å². The second-order valence-corrected chi connectivity index (χ2v) is 6.43. The number of nitrogens with zero attached hydrogens (tertiary/aromatic N) is 1. The molecule has 0 saturated carbocycles. The summed E-state index contributed by atoms with van der Waals surface area (Å²) in [5, 5.41) is 4.92. The Labute approximate surface area is 156 Å². The van der Waals surface area contributed by atoms with Crippen molar-refractivity contribution < 1.29 is 4.39 Å². The molecule has 128 valence electrons. The number of halogens is 2. The molecule has 0 bridgehead atoms. The van der Waals surface area contributed by atoms with Gasteiger partial charge in [0.25, 0.3) is 0 Å². The predicted octanol–water partition coefficient (Wildman–Crippen LogP) is 6.40. The van der Waals surface area contributed by atoms with E-state index in [0.717, 1.165) is 39.0 Å². The highest BCUT2D eigenvalue weighted by atomic mass is 35.5. The summed E-state index contributed by atoms with van der Waals surface area (Å²) in [7, 11) is 1.87. The number of hydrogen-bond acceptors (Lipinski definition) is 2. The maximum absolute atomic E-state index is 13.6. The molecule has 1 N–H and O–H groups in total. The maximum Gasteiger partial charge on any atom is 0.123 e. The molecular weight excluding hydrogens is 347 g/mol. The lowest BCUT2D eigenvalue weighted by Gasteiger charge is -2.12. The third-order valence-electron chi connectivity index (χ3n) is 4.38. The molecule has 0 saturated heterocycles. The summed E-state index contributed by atoms with van der Waals surface area (Å²) in [6.45, 7) is 0. The average Bonchev–Trinajstić information content (AvgIpc) is 2.67. The largest absolute Gasteiger partial charge is 0.388 e. The lowest BCUT2D eigenvalue weighted by atomic mass is 10.0. The van der Waals surface area contributed by atoms with E-state index >= 15 is 0 Å². The Morgan fingerprint density at radius 2 is 1.73 bits per heavy atom. The van der Waals surface area contributed by atoms with E-state index in [1.165, 1.54) is 12.1 Å². The molecule has 1 heterocycles. The monoisotopic (exact) mass is 362 g/mol. The number of pyridine rings is 1. The minimum atomic E-state index is -0.274. The molecule has 0 fully saturated rings. The molecule has 3 aromatic carbocycles. The molecule has 0 atom stereocenters. The van der Waals surface area contributed by atoms with Crippen molar-refractivity contribution in [1.29, 1.82) is 0 Å². The fourth-order valence-electron chi connectivity index (χ4n) is 3.09. The van der Waals surface area contributed by atoms with Crippen LogP contribution in [0.2, 0.25) is 5.02 Å². The highest BCUT2D eigenvalue weighted by Gasteiger charge is 2.10. The Balaban J connectivity index is 1.90. The zero-order valence-electron chi connectivity index (χ0n) is 14.1. The summed E-state index contributed by atoms with van der Waals surface area (Å²) in [4.78, 5) is 4.71. The lowest BCUT2D eigenvalue weighted by Crippen LogP contribution is -1.95. The van der Waals surface area contributed by atoms with Gasteiger partial charge >= 0.3 is 0 Å². The first kappa shape index (κ1) is 16.6. The van der Waals surface area contributed by atoms with E-state index in [0.29, 0.717) is 5.02 Å². The van der Waals surface area contributed by atoms with Crippen LogP contribution in [-0.4, -0.2) is 12.0 Å². The van der Waals surface area contributed by atoms with Gasteiger partial charge in [0.05, 0.1) is 11.2 Å². The van der Waals surface area contributed by atoms with Gasteiger partial charge in [0, 0.05) is 34.3 Å². The summed E-state index contributed by atoms with van der Waals surface area (Å²) >= 11 is 6.34. The van der Waals surface area contributed by atoms with Crippen molar-refractivity contribution in [2.24, 2.45) is 0 Å². The van der Waals surface area contributed by atoms with Crippen LogP contribution in [0.1, 0.15) is 0 Å². The van der Waals surface area contributed by atoms with Gasteiger partial charge in [0.15, 0.2) is 0 Å². The zero-order valence-corrected chi connectivity index (χ0v) is 14.9. The Hall–Kier alpha value is -2.91. The van der Waals surface area contributed by atoms with E-state index in [9.17, 15) is 4.39 Å². The van der Waals surface area contributed by atoms with E-state index in [1.807, 2.05) is 55.6 Å². The number of benzene rings is 3. The Morgan fingerprint density at radius 3 is 2.50 bits per heavy atom. The standard InChI is InChI=1S/C22H16ClFN2/c1-25-22-13-21(15-5-4-6-16(24)11-15)26-20-10-9-14(12-18(20)22)17-7-2-3-8-19(17)23/h2-13H,1H3,(H,25,26). The van der Waals surface area contributed by atoms with Crippen molar-refractivity contribution in [3.8, 4) is 22.4 Å². The first-order valence-electron chi connectivity index (χ1n) is 8.29. The van der Waals surface area contributed by atoms with Gasteiger partial charge in [-0.25, -0.2) is 9.37 Å². The molecule has 0 aliphatic heterocycles. The number of aromatic nitrogens is 1. The number of fused-ring (bicyclic) bond motifs is 1. The molecule has 0 unspecified atom stereocenters. The van der Waals surface area contributed by atoms with Gasteiger partial charge in [-0.3, -0.25) is 0 Å². The summed E-state index contributed by atoms with van der Waals surface area (Å²) in [6.07, 6.45) is 0. The molecule has 26 heavy (non-hydrogen) atoms. The molecule has 0 radical (unpaired) electrons. The van der Waals surface area contributed by atoms with Crippen LogP contribution < -0.4 is 5.32 Å². The van der Waals surface area contributed by atoms with Gasteiger partial charge < -0.3 is 5.32 Å². The van der Waals surface area contributed by atoms with E-state index in [1.54, 1.807) is 6.07 Å². The molecule has 0 aliphatic carbocycles. The van der Waals surface area contributed by atoms with Crippen LogP contribution in [0.5, 0.6) is 0 Å². The SMILES string of the molecule is CNc1cc(-c2cccc(F)c2)nc2ccc(-c3ccccc3Cl)cc12. The minimum absolute atomic E-state index is 0.274. The van der Waals surface area contributed by atoms with Crippen LogP contribution in [0.15, 0.2) is 72.8 Å². The van der Waals surface area contributed by atoms with Gasteiger partial charge in [-0.2, -0.15) is 0 Å². The predicted molar refractivity (Wildman–Crippen MR) is 107 cm³/mol. The molecule has 0 aliphatic rings. The van der Waals surface area contributed by atoms with E-state index in [4.69, 9.17) is 16.6 Å². The second kappa shape index (κ2) is 6.77. The third kappa shape index (κ3) is 3.02. The smallest absolute Gasteiger partial charge is 0.123 e. The van der Waals surface area contributed by atoms with Crippen molar-refractivity contribution in [2.45, 2.75) is 0 Å². The van der Waals surface area contributed by atoms with Crippen molar-refractivity contribution in [3.05, 3.63) is 83.6 Å². The van der Waals surface area contributed by atoms with Gasteiger partial charge in [0.1, 0.15) is 5.82 Å². The number of hydrogen-bond donors (Lipinski definition) is 1. The van der Waals surface area contributed by atoms with Crippen LogP contribution >= 0.6 is 11.6 Å². The van der Waals surface area contributed by atoms with Gasteiger partial charge in [0.2, 0.25) is 0 Å². The third-order valence-corrected chi connectivity index (χ3v) is 4.71. The van der Waals surface area contributed by atoms with E-state index < -0.39 is 0 Å². The normalized spacial score (nSPS) is 10.9. The summed E-state index contributed by atoms with van der Waals surface area (Å²) in [5.74, 6) is -0.274. The topological polar surface area (TPSA) is 24.9 Å². The molecule has 1 aromatic heterocycles. The average molecular weight is 363 g/mol. The van der Waals surface area contributed by atoms with Crippen molar-refractivity contribution in [3.63, 3.8) is 0 Å². The second-order valence-electron chi connectivity index (χ2n) is 6.03.